The van der Waals surface area contributed by atoms with Gasteiger partial charge in [-0.15, -0.1) is 0 Å². The fraction of sp³-hybridized carbons (Fsp3) is 1.00. The Labute approximate surface area is 78.9 Å². The number of rotatable bonds is 1. The van der Waals surface area contributed by atoms with E-state index in [1.165, 1.54) is 10.6 Å². The molecule has 1 saturated carbocycles. The van der Waals surface area contributed by atoms with Crippen LogP contribution in [0.2, 0.25) is 0 Å². The van der Waals surface area contributed by atoms with Gasteiger partial charge >= 0.3 is 0 Å². The zero-order valence-corrected chi connectivity index (χ0v) is 8.80. The van der Waals surface area contributed by atoms with Gasteiger partial charge in [-0.3, -0.25) is 0 Å². The summed E-state index contributed by atoms with van der Waals surface area (Å²) in [6, 6.07) is 0. The maximum atomic E-state index is 11.3. The van der Waals surface area contributed by atoms with E-state index in [4.69, 9.17) is 4.74 Å². The predicted octanol–water partition coefficient (Wildman–Crippen LogP) is 0.199. The van der Waals surface area contributed by atoms with Gasteiger partial charge in [0.05, 0.1) is 18.0 Å². The SMILES string of the molecule is CC1CN(S(C)(=O)=O)CC2(CC2)O1. The molecule has 1 heterocycles. The lowest BCUT2D eigenvalue weighted by molar-refractivity contribution is -0.0707. The lowest BCUT2D eigenvalue weighted by Gasteiger charge is -2.35. The molecule has 0 bridgehead atoms. The lowest BCUT2D eigenvalue weighted by atomic mass is 10.2. The Kier molecular flexibility index (Phi) is 1.94. The van der Waals surface area contributed by atoms with Gasteiger partial charge in [0.1, 0.15) is 0 Å². The predicted molar refractivity (Wildman–Crippen MR) is 48.9 cm³/mol. The van der Waals surface area contributed by atoms with E-state index in [0.29, 0.717) is 13.1 Å². The first-order valence-electron chi connectivity index (χ1n) is 4.54. The van der Waals surface area contributed by atoms with Gasteiger partial charge in [-0.1, -0.05) is 0 Å². The molecule has 1 atom stereocenters. The highest BCUT2D eigenvalue weighted by atomic mass is 32.2. The summed E-state index contributed by atoms with van der Waals surface area (Å²) in [5.74, 6) is 0. The van der Waals surface area contributed by atoms with Crippen molar-refractivity contribution in [3.8, 4) is 0 Å². The Bertz CT molecular complexity index is 307. The molecule has 5 heteroatoms. The second-order valence-electron chi connectivity index (χ2n) is 4.17. The van der Waals surface area contributed by atoms with E-state index in [1.54, 1.807) is 0 Å². The average molecular weight is 205 g/mol. The molecule has 4 nitrogen and oxygen atoms in total. The van der Waals surface area contributed by atoms with Crippen LogP contribution in [0.15, 0.2) is 0 Å². The first-order valence-corrected chi connectivity index (χ1v) is 6.39. The van der Waals surface area contributed by atoms with Crippen LogP contribution in [-0.4, -0.2) is 43.8 Å². The Morgan fingerprint density at radius 3 is 2.54 bits per heavy atom. The van der Waals surface area contributed by atoms with E-state index < -0.39 is 10.0 Å². The molecule has 76 valence electrons. The summed E-state index contributed by atoms with van der Waals surface area (Å²) in [5.41, 5.74) is -0.124. The number of sulfonamides is 1. The van der Waals surface area contributed by atoms with Crippen LogP contribution in [-0.2, 0) is 14.8 Å². The van der Waals surface area contributed by atoms with E-state index in [0.717, 1.165) is 12.8 Å². The molecule has 0 radical (unpaired) electrons. The molecular formula is C8H15NO3S. The first-order chi connectivity index (χ1) is 5.91. The highest BCUT2D eigenvalue weighted by molar-refractivity contribution is 7.88. The fourth-order valence-electron chi connectivity index (χ4n) is 1.84. The normalized spacial score (nSPS) is 33.5. The number of morpholine rings is 1. The summed E-state index contributed by atoms with van der Waals surface area (Å²) in [7, 11) is -3.04. The molecule has 0 amide bonds. The molecular weight excluding hydrogens is 190 g/mol. The molecule has 1 spiro atoms. The van der Waals surface area contributed by atoms with Crippen LogP contribution in [0, 0.1) is 0 Å². The van der Waals surface area contributed by atoms with E-state index in [1.807, 2.05) is 6.92 Å². The Morgan fingerprint density at radius 1 is 1.46 bits per heavy atom. The van der Waals surface area contributed by atoms with Gasteiger partial charge in [0, 0.05) is 13.1 Å². The number of nitrogens with zero attached hydrogens (tertiary/aromatic N) is 1. The third kappa shape index (κ3) is 1.87. The minimum Gasteiger partial charge on any atom is -0.369 e. The Morgan fingerprint density at radius 2 is 2.08 bits per heavy atom. The minimum absolute atomic E-state index is 0.0333. The van der Waals surface area contributed by atoms with Gasteiger partial charge < -0.3 is 4.74 Å². The molecule has 13 heavy (non-hydrogen) atoms. The van der Waals surface area contributed by atoms with Crippen molar-refractivity contribution in [2.45, 2.75) is 31.5 Å². The summed E-state index contributed by atoms with van der Waals surface area (Å²) in [6.45, 7) is 2.98. The zero-order valence-electron chi connectivity index (χ0n) is 7.99. The van der Waals surface area contributed by atoms with Crippen LogP contribution in [0.3, 0.4) is 0 Å². The molecule has 0 aromatic heterocycles. The summed E-state index contributed by atoms with van der Waals surface area (Å²) in [5, 5.41) is 0. The van der Waals surface area contributed by atoms with Crippen LogP contribution in [0.25, 0.3) is 0 Å². The van der Waals surface area contributed by atoms with Crippen molar-refractivity contribution in [3.63, 3.8) is 0 Å². The molecule has 1 aliphatic carbocycles. The van der Waals surface area contributed by atoms with Crippen molar-refractivity contribution in [3.05, 3.63) is 0 Å². The molecule has 2 aliphatic rings. The van der Waals surface area contributed by atoms with Crippen LogP contribution in [0.1, 0.15) is 19.8 Å². The third-order valence-electron chi connectivity index (χ3n) is 2.65. The maximum absolute atomic E-state index is 11.3. The zero-order chi connectivity index (χ0) is 9.69. The van der Waals surface area contributed by atoms with E-state index >= 15 is 0 Å². The Hall–Kier alpha value is -0.130. The average Bonchev–Trinajstić information content (AvgIpc) is 2.65. The first kappa shape index (κ1) is 9.43. The molecule has 0 aromatic carbocycles. The topological polar surface area (TPSA) is 46.6 Å². The van der Waals surface area contributed by atoms with E-state index in [-0.39, 0.29) is 11.7 Å². The standard InChI is InChI=1S/C8H15NO3S/c1-7-5-9(13(2,10)11)6-8(12-7)3-4-8/h7H,3-6H2,1-2H3. The van der Waals surface area contributed by atoms with Crippen molar-refractivity contribution in [2.75, 3.05) is 19.3 Å². The lowest BCUT2D eigenvalue weighted by Crippen LogP contribution is -2.49. The van der Waals surface area contributed by atoms with Crippen LogP contribution < -0.4 is 0 Å². The van der Waals surface area contributed by atoms with Crippen LogP contribution in [0.5, 0.6) is 0 Å². The molecule has 0 aromatic rings. The summed E-state index contributed by atoms with van der Waals surface area (Å²) in [4.78, 5) is 0. The highest BCUT2D eigenvalue weighted by Crippen LogP contribution is 2.43. The van der Waals surface area contributed by atoms with Gasteiger partial charge in [-0.05, 0) is 19.8 Å². The molecule has 2 fully saturated rings. The number of hydrogen-bond donors (Lipinski definition) is 0. The largest absolute Gasteiger partial charge is 0.369 e. The monoisotopic (exact) mass is 205 g/mol. The molecule has 1 unspecified atom stereocenters. The van der Waals surface area contributed by atoms with Crippen LogP contribution >= 0.6 is 0 Å². The number of ether oxygens (including phenoxy) is 1. The van der Waals surface area contributed by atoms with Crippen molar-refractivity contribution in [1.29, 1.82) is 0 Å². The highest BCUT2D eigenvalue weighted by Gasteiger charge is 2.50. The molecule has 0 N–H and O–H groups in total. The molecule has 1 saturated heterocycles. The van der Waals surface area contributed by atoms with Gasteiger partial charge in [0.15, 0.2) is 0 Å². The van der Waals surface area contributed by atoms with Crippen molar-refractivity contribution in [2.24, 2.45) is 0 Å². The van der Waals surface area contributed by atoms with Gasteiger partial charge in [-0.2, -0.15) is 4.31 Å². The minimum atomic E-state index is -3.04. The van der Waals surface area contributed by atoms with Crippen LogP contribution in [0.4, 0.5) is 0 Å². The van der Waals surface area contributed by atoms with Crippen molar-refractivity contribution < 1.29 is 13.2 Å². The van der Waals surface area contributed by atoms with Crippen molar-refractivity contribution >= 4 is 10.0 Å². The summed E-state index contributed by atoms with van der Waals surface area (Å²) >= 11 is 0. The second kappa shape index (κ2) is 2.68. The van der Waals surface area contributed by atoms with E-state index in [9.17, 15) is 8.42 Å². The van der Waals surface area contributed by atoms with Gasteiger partial charge in [0.25, 0.3) is 0 Å². The maximum Gasteiger partial charge on any atom is 0.211 e. The van der Waals surface area contributed by atoms with Gasteiger partial charge in [0.2, 0.25) is 10.0 Å². The third-order valence-corrected chi connectivity index (χ3v) is 3.87. The van der Waals surface area contributed by atoms with E-state index in [2.05, 4.69) is 0 Å². The fourth-order valence-corrected chi connectivity index (χ4v) is 2.79. The van der Waals surface area contributed by atoms with Gasteiger partial charge in [-0.25, -0.2) is 8.42 Å². The summed E-state index contributed by atoms with van der Waals surface area (Å²) in [6.07, 6.45) is 3.30. The second-order valence-corrected chi connectivity index (χ2v) is 6.15. The molecule has 2 rings (SSSR count). The summed E-state index contributed by atoms with van der Waals surface area (Å²) < 4.78 is 29.9. The van der Waals surface area contributed by atoms with Crippen molar-refractivity contribution in [1.82, 2.24) is 4.31 Å². The number of hydrogen-bond acceptors (Lipinski definition) is 3. The smallest absolute Gasteiger partial charge is 0.211 e. The molecule has 1 aliphatic heterocycles. The Balaban J connectivity index is 2.14. The quantitative estimate of drug-likeness (QED) is 0.614.